The van der Waals surface area contributed by atoms with Gasteiger partial charge in [0.15, 0.2) is 11.3 Å². The fourth-order valence-corrected chi connectivity index (χ4v) is 4.47. The van der Waals surface area contributed by atoms with E-state index in [1.165, 1.54) is 0 Å². The zero-order chi connectivity index (χ0) is 30.3. The van der Waals surface area contributed by atoms with E-state index in [9.17, 15) is 14.0 Å². The number of amides is 2. The van der Waals surface area contributed by atoms with Crippen molar-refractivity contribution in [3.05, 3.63) is 71.8 Å². The van der Waals surface area contributed by atoms with Gasteiger partial charge in [0.1, 0.15) is 11.2 Å². The van der Waals surface area contributed by atoms with Crippen LogP contribution in [0.15, 0.2) is 60.7 Å². The average Bonchev–Trinajstić information content (AvgIpc) is 2.84. The molecule has 0 aliphatic carbocycles. The zero-order valence-electron chi connectivity index (χ0n) is 26.2. The van der Waals surface area contributed by atoms with Crippen molar-refractivity contribution < 1.29 is 59.2 Å². The molecule has 7 N–H and O–H groups in total. The van der Waals surface area contributed by atoms with Gasteiger partial charge in [0.25, 0.3) is 0 Å². The zero-order valence-corrected chi connectivity index (χ0v) is 27.8. The van der Waals surface area contributed by atoms with E-state index in [0.717, 1.165) is 11.1 Å². The molecule has 0 spiro atoms. The first-order valence-corrected chi connectivity index (χ1v) is 13.9. The van der Waals surface area contributed by atoms with Crippen LogP contribution in [0.5, 0.6) is 0 Å². The van der Waals surface area contributed by atoms with Crippen molar-refractivity contribution in [2.45, 2.75) is 70.1 Å². The van der Waals surface area contributed by atoms with Crippen LogP contribution >= 0.6 is 0 Å². The molecule has 2 saturated heterocycles. The van der Waals surface area contributed by atoms with Gasteiger partial charge >= 0.3 is 12.2 Å². The number of nitrogens with one attached hydrogen (secondary N) is 3. The van der Waals surface area contributed by atoms with E-state index in [-0.39, 0.29) is 63.6 Å². The molecule has 2 aliphatic rings. The molecule has 2 heterocycles. The third-order valence-corrected chi connectivity index (χ3v) is 6.35. The van der Waals surface area contributed by atoms with Crippen LogP contribution in [0.2, 0.25) is 0 Å². The van der Waals surface area contributed by atoms with Crippen LogP contribution < -0.4 is 16.0 Å². The van der Waals surface area contributed by atoms with Gasteiger partial charge in [0.2, 0.25) is 0 Å². The quantitative estimate of drug-likeness (QED) is 0.373. The Morgan fingerprint density at radius 1 is 0.773 bits per heavy atom. The number of carbonyl (C=O) groups excluding carboxylic acids is 2. The molecule has 252 valence electrons. The summed E-state index contributed by atoms with van der Waals surface area (Å²) in [5.41, 5.74) is -1.61. The molecule has 2 aliphatic heterocycles. The van der Waals surface area contributed by atoms with Gasteiger partial charge in [0.05, 0.1) is 19.1 Å². The molecule has 0 aromatic heterocycles. The standard InChI is InChI=1S/C22H27FN2O2.C9H17FN2O2.2H2O.Pd/c1-21(2,3)27-20(26)24-14-22(23)15-25(16-22)19(17-10-6-4-7-11-17)18-12-8-5-9-13-18;1-8(2,3)14-7(13)12-6-9(10)4-11-5-9;;;/h4-13,19H,14-16H2,1-3H3,(H,24,26);11H,4-6H2,1-3H3,(H,12,13);2*1H2;. The molecule has 2 amide bonds. The monoisotopic (exact) mass is 716 g/mol. The number of alkyl carbamates (subject to hydrolysis) is 2. The van der Waals surface area contributed by atoms with Crippen molar-refractivity contribution in [2.24, 2.45) is 0 Å². The molecule has 0 saturated carbocycles. The number of ether oxygens (including phenoxy) is 2. The van der Waals surface area contributed by atoms with Crippen molar-refractivity contribution in [1.29, 1.82) is 0 Å². The minimum absolute atomic E-state index is 0. The van der Waals surface area contributed by atoms with Gasteiger partial charge in [-0.1, -0.05) is 60.7 Å². The Labute approximate surface area is 272 Å². The number of rotatable bonds is 7. The Kier molecular flexibility index (Phi) is 16.1. The van der Waals surface area contributed by atoms with Crippen LogP contribution in [-0.2, 0) is 29.9 Å². The summed E-state index contributed by atoms with van der Waals surface area (Å²) in [5, 5.41) is 7.77. The third kappa shape index (κ3) is 13.5. The smallest absolute Gasteiger partial charge is 0.407 e. The minimum Gasteiger partial charge on any atom is -0.444 e. The van der Waals surface area contributed by atoms with Crippen LogP contribution in [0, 0.1) is 0 Å². The minimum atomic E-state index is -1.45. The van der Waals surface area contributed by atoms with Crippen molar-refractivity contribution in [3.8, 4) is 0 Å². The normalized spacial score (nSPS) is 16.5. The number of benzene rings is 2. The second-order valence-corrected chi connectivity index (χ2v) is 12.7. The summed E-state index contributed by atoms with van der Waals surface area (Å²) in [6.45, 7) is 11.7. The second-order valence-electron chi connectivity index (χ2n) is 12.7. The number of hydrogen-bond donors (Lipinski definition) is 3. The Morgan fingerprint density at radius 2 is 1.14 bits per heavy atom. The fraction of sp³-hybridized carbons (Fsp3) is 0.548. The number of alkyl halides is 2. The Hall–Kier alpha value is -2.66. The maximum Gasteiger partial charge on any atom is 0.407 e. The molecule has 4 rings (SSSR count). The molecule has 10 nitrogen and oxygen atoms in total. The molecule has 13 heteroatoms. The Morgan fingerprint density at radius 3 is 1.45 bits per heavy atom. The number of carbonyl (C=O) groups is 2. The van der Waals surface area contributed by atoms with E-state index < -0.39 is 34.7 Å². The number of nitrogens with zero attached hydrogens (tertiary/aromatic N) is 1. The second kappa shape index (κ2) is 17.1. The summed E-state index contributed by atoms with van der Waals surface area (Å²) < 4.78 is 38.5. The van der Waals surface area contributed by atoms with Crippen LogP contribution in [0.1, 0.15) is 58.7 Å². The molecule has 0 bridgehead atoms. The van der Waals surface area contributed by atoms with Crippen LogP contribution in [0.25, 0.3) is 0 Å². The van der Waals surface area contributed by atoms with E-state index in [1.54, 1.807) is 41.5 Å². The molecule has 2 fully saturated rings. The molecule has 0 unspecified atom stereocenters. The summed E-state index contributed by atoms with van der Waals surface area (Å²) in [7, 11) is 0. The van der Waals surface area contributed by atoms with Crippen molar-refractivity contribution in [1.82, 2.24) is 20.9 Å². The first-order chi connectivity index (χ1) is 19.1. The maximum absolute atomic E-state index is 15.0. The Balaban J connectivity index is 0.000000934. The van der Waals surface area contributed by atoms with Gasteiger partial charge in [-0.15, -0.1) is 0 Å². The van der Waals surface area contributed by atoms with Gasteiger partial charge < -0.3 is 36.4 Å². The number of halogens is 2. The molecule has 44 heavy (non-hydrogen) atoms. The van der Waals surface area contributed by atoms with E-state index in [4.69, 9.17) is 9.47 Å². The summed E-state index contributed by atoms with van der Waals surface area (Å²) in [6.07, 6.45) is -1.15. The molecular formula is C31H48F2N4O6Pd. The summed E-state index contributed by atoms with van der Waals surface area (Å²) in [6, 6.07) is 20.2. The Bertz CT molecular complexity index is 1100. The predicted octanol–water partition coefficient (Wildman–Crippen LogP) is 3.50. The molecule has 0 radical (unpaired) electrons. The van der Waals surface area contributed by atoms with Crippen molar-refractivity contribution >= 4 is 12.2 Å². The third-order valence-electron chi connectivity index (χ3n) is 6.35. The topological polar surface area (TPSA) is 155 Å². The number of hydrogen-bond acceptors (Lipinski definition) is 6. The average molecular weight is 717 g/mol. The van der Waals surface area contributed by atoms with Crippen LogP contribution in [0.4, 0.5) is 18.4 Å². The van der Waals surface area contributed by atoms with Gasteiger partial charge in [-0.2, -0.15) is 0 Å². The maximum atomic E-state index is 15.0. The van der Waals surface area contributed by atoms with Crippen molar-refractivity contribution in [3.63, 3.8) is 0 Å². The summed E-state index contributed by atoms with van der Waals surface area (Å²) >= 11 is 0. The molecular weight excluding hydrogens is 669 g/mol. The molecule has 2 aromatic rings. The van der Waals surface area contributed by atoms with Gasteiger partial charge in [-0.3, -0.25) is 4.90 Å². The van der Waals surface area contributed by atoms with Gasteiger partial charge in [-0.05, 0) is 52.7 Å². The molecule has 2 aromatic carbocycles. The van der Waals surface area contributed by atoms with Gasteiger partial charge in [0, 0.05) is 46.6 Å². The number of likely N-dealkylation sites (tertiary alicyclic amines) is 1. The first kappa shape index (κ1) is 41.3. The SMILES string of the molecule is CC(C)(C)OC(=O)NCC1(F)CN(C(c2ccccc2)c2ccccc2)C1.CC(C)(C)OC(=O)NCC1(F)CNC1.O.O.[Pd]. The molecule has 0 atom stereocenters. The summed E-state index contributed by atoms with van der Waals surface area (Å²) in [4.78, 5) is 25.0. The first-order valence-electron chi connectivity index (χ1n) is 13.9. The van der Waals surface area contributed by atoms with Crippen LogP contribution in [0.3, 0.4) is 0 Å². The van der Waals surface area contributed by atoms with Gasteiger partial charge in [-0.25, -0.2) is 18.4 Å². The van der Waals surface area contributed by atoms with Crippen LogP contribution in [-0.4, -0.2) is 89.8 Å². The van der Waals surface area contributed by atoms with E-state index in [1.807, 2.05) is 36.4 Å². The van der Waals surface area contributed by atoms with Crippen molar-refractivity contribution in [2.75, 3.05) is 39.3 Å². The largest absolute Gasteiger partial charge is 0.444 e. The van der Waals surface area contributed by atoms with E-state index in [2.05, 4.69) is 45.1 Å². The van der Waals surface area contributed by atoms with E-state index in [0.29, 0.717) is 13.1 Å². The fourth-order valence-electron chi connectivity index (χ4n) is 4.47. The van der Waals surface area contributed by atoms with E-state index >= 15 is 4.39 Å². The predicted molar refractivity (Wildman–Crippen MR) is 163 cm³/mol. The summed E-state index contributed by atoms with van der Waals surface area (Å²) in [5.74, 6) is 0.